The maximum absolute atomic E-state index is 11.7. The van der Waals surface area contributed by atoms with Crippen LogP contribution in [0.25, 0.3) is 0 Å². The molecule has 5 heteroatoms. The van der Waals surface area contributed by atoms with Crippen LogP contribution in [0.4, 0.5) is 4.79 Å². The fourth-order valence-corrected chi connectivity index (χ4v) is 1.85. The molecule has 0 saturated carbocycles. The summed E-state index contributed by atoms with van der Waals surface area (Å²) < 4.78 is 5.09. The summed E-state index contributed by atoms with van der Waals surface area (Å²) in [7, 11) is 0. The number of benzene rings is 1. The zero-order chi connectivity index (χ0) is 15.0. The Hall–Kier alpha value is -2.04. The van der Waals surface area contributed by atoms with Crippen molar-refractivity contribution in [3.05, 3.63) is 35.9 Å². The molecule has 0 saturated heterocycles. The molecule has 1 aromatic carbocycles. The first-order valence-electron chi connectivity index (χ1n) is 6.74. The molecule has 1 rings (SSSR count). The van der Waals surface area contributed by atoms with Crippen LogP contribution in [0.15, 0.2) is 30.3 Å². The summed E-state index contributed by atoms with van der Waals surface area (Å²) in [5, 5.41) is 11.6. The van der Waals surface area contributed by atoms with Crippen molar-refractivity contribution in [1.82, 2.24) is 5.32 Å². The first-order chi connectivity index (χ1) is 9.54. The van der Waals surface area contributed by atoms with Crippen LogP contribution in [0.2, 0.25) is 0 Å². The van der Waals surface area contributed by atoms with Gasteiger partial charge in [0.25, 0.3) is 0 Å². The number of aliphatic carboxylic acids is 1. The van der Waals surface area contributed by atoms with Gasteiger partial charge in [0.2, 0.25) is 0 Å². The van der Waals surface area contributed by atoms with Gasteiger partial charge in [0, 0.05) is 6.04 Å². The lowest BCUT2D eigenvalue weighted by atomic mass is 9.98. The molecule has 2 atom stereocenters. The first-order valence-corrected chi connectivity index (χ1v) is 6.74. The number of carbonyl (C=O) groups is 2. The van der Waals surface area contributed by atoms with Crippen LogP contribution in [-0.4, -0.2) is 23.2 Å². The van der Waals surface area contributed by atoms with E-state index in [4.69, 9.17) is 9.84 Å². The van der Waals surface area contributed by atoms with E-state index >= 15 is 0 Å². The smallest absolute Gasteiger partial charge is 0.407 e. The Morgan fingerprint density at radius 1 is 1.30 bits per heavy atom. The molecule has 0 aliphatic heterocycles. The molecule has 0 aliphatic rings. The number of rotatable bonds is 7. The van der Waals surface area contributed by atoms with Gasteiger partial charge in [-0.05, 0) is 18.9 Å². The third-order valence-corrected chi connectivity index (χ3v) is 3.11. The van der Waals surface area contributed by atoms with Crippen LogP contribution in [0.1, 0.15) is 32.3 Å². The Kier molecular flexibility index (Phi) is 6.56. The number of carboxylic acid groups (broad SMARTS) is 1. The molecule has 0 spiro atoms. The highest BCUT2D eigenvalue weighted by Gasteiger charge is 2.24. The average Bonchev–Trinajstić information content (AvgIpc) is 2.45. The van der Waals surface area contributed by atoms with Gasteiger partial charge in [-0.2, -0.15) is 0 Å². The molecule has 20 heavy (non-hydrogen) atoms. The molecule has 0 aromatic heterocycles. The second-order valence-electron chi connectivity index (χ2n) is 4.73. The lowest BCUT2D eigenvalue weighted by Gasteiger charge is -2.21. The highest BCUT2D eigenvalue weighted by molar-refractivity contribution is 5.73. The van der Waals surface area contributed by atoms with Crippen LogP contribution < -0.4 is 5.32 Å². The molecule has 2 N–H and O–H groups in total. The molecule has 1 aromatic rings. The molecule has 1 amide bonds. The highest BCUT2D eigenvalue weighted by atomic mass is 16.5. The second kappa shape index (κ2) is 8.19. The van der Waals surface area contributed by atoms with Crippen LogP contribution in [0.5, 0.6) is 0 Å². The average molecular weight is 279 g/mol. The largest absolute Gasteiger partial charge is 0.481 e. The molecular formula is C15H21NO4. The van der Waals surface area contributed by atoms with Crippen LogP contribution in [-0.2, 0) is 16.1 Å². The van der Waals surface area contributed by atoms with E-state index in [1.54, 1.807) is 6.92 Å². The molecule has 0 heterocycles. The zero-order valence-electron chi connectivity index (χ0n) is 11.8. The van der Waals surface area contributed by atoms with Gasteiger partial charge in [0.05, 0.1) is 5.92 Å². The molecule has 110 valence electrons. The topological polar surface area (TPSA) is 75.6 Å². The van der Waals surface area contributed by atoms with Crippen molar-refractivity contribution in [2.24, 2.45) is 5.92 Å². The Balaban J connectivity index is 2.47. The summed E-state index contributed by atoms with van der Waals surface area (Å²) in [6.07, 6.45) is 0.815. The number of ether oxygens (including phenoxy) is 1. The van der Waals surface area contributed by atoms with Crippen molar-refractivity contribution in [3.8, 4) is 0 Å². The predicted molar refractivity (Wildman–Crippen MR) is 75.3 cm³/mol. The van der Waals surface area contributed by atoms with Gasteiger partial charge in [-0.25, -0.2) is 4.79 Å². The summed E-state index contributed by atoms with van der Waals surface area (Å²) in [6.45, 7) is 3.70. The standard InChI is InChI=1S/C15H21NO4/c1-3-7-13(11(2)14(17)18)16-15(19)20-10-12-8-5-4-6-9-12/h4-6,8-9,11,13H,3,7,10H2,1-2H3,(H,16,19)(H,17,18). The highest BCUT2D eigenvalue weighted by Crippen LogP contribution is 2.10. The molecule has 5 nitrogen and oxygen atoms in total. The van der Waals surface area contributed by atoms with Gasteiger partial charge < -0.3 is 15.2 Å². The van der Waals surface area contributed by atoms with Gasteiger partial charge in [-0.15, -0.1) is 0 Å². The molecular weight excluding hydrogens is 258 g/mol. The molecule has 0 bridgehead atoms. The summed E-state index contributed by atoms with van der Waals surface area (Å²) in [6, 6.07) is 8.91. The van der Waals surface area contributed by atoms with Crippen molar-refractivity contribution in [2.45, 2.75) is 39.3 Å². The number of hydrogen-bond acceptors (Lipinski definition) is 3. The van der Waals surface area contributed by atoms with Gasteiger partial charge in [-0.1, -0.05) is 43.7 Å². The minimum absolute atomic E-state index is 0.174. The van der Waals surface area contributed by atoms with Crippen LogP contribution >= 0.6 is 0 Å². The van der Waals surface area contributed by atoms with Crippen molar-refractivity contribution in [3.63, 3.8) is 0 Å². The van der Waals surface area contributed by atoms with E-state index in [1.807, 2.05) is 37.3 Å². The van der Waals surface area contributed by atoms with E-state index in [9.17, 15) is 9.59 Å². The number of carboxylic acids is 1. The molecule has 0 aliphatic carbocycles. The summed E-state index contributed by atoms with van der Waals surface area (Å²) in [5.74, 6) is -1.56. The minimum Gasteiger partial charge on any atom is -0.481 e. The second-order valence-corrected chi connectivity index (χ2v) is 4.73. The number of hydrogen-bond donors (Lipinski definition) is 2. The minimum atomic E-state index is -0.924. The zero-order valence-corrected chi connectivity index (χ0v) is 11.8. The van der Waals surface area contributed by atoms with Crippen LogP contribution in [0, 0.1) is 5.92 Å². The monoisotopic (exact) mass is 279 g/mol. The molecule has 0 fully saturated rings. The predicted octanol–water partition coefficient (Wildman–Crippen LogP) is 2.80. The normalized spacial score (nSPS) is 13.3. The number of carbonyl (C=O) groups excluding carboxylic acids is 1. The Morgan fingerprint density at radius 3 is 2.50 bits per heavy atom. The summed E-state index contributed by atoms with van der Waals surface area (Å²) in [5.41, 5.74) is 0.890. The lowest BCUT2D eigenvalue weighted by Crippen LogP contribution is -2.42. The van der Waals surface area contributed by atoms with Crippen molar-refractivity contribution in [2.75, 3.05) is 0 Å². The number of alkyl carbamates (subject to hydrolysis) is 1. The van der Waals surface area contributed by atoms with Crippen molar-refractivity contribution in [1.29, 1.82) is 0 Å². The van der Waals surface area contributed by atoms with Gasteiger partial charge >= 0.3 is 12.1 Å². The first kappa shape index (κ1) is 16.0. The summed E-state index contributed by atoms with van der Waals surface area (Å²) >= 11 is 0. The maximum atomic E-state index is 11.7. The van der Waals surface area contributed by atoms with Crippen LogP contribution in [0.3, 0.4) is 0 Å². The third kappa shape index (κ3) is 5.30. The van der Waals surface area contributed by atoms with E-state index in [0.717, 1.165) is 12.0 Å². The summed E-state index contributed by atoms with van der Waals surface area (Å²) in [4.78, 5) is 22.7. The number of amides is 1. The van der Waals surface area contributed by atoms with E-state index in [0.29, 0.717) is 6.42 Å². The number of nitrogens with one attached hydrogen (secondary N) is 1. The Morgan fingerprint density at radius 2 is 1.95 bits per heavy atom. The van der Waals surface area contributed by atoms with Crippen molar-refractivity contribution < 1.29 is 19.4 Å². The SMILES string of the molecule is CCCC(NC(=O)OCc1ccccc1)C(C)C(=O)O. The fourth-order valence-electron chi connectivity index (χ4n) is 1.85. The Labute approximate surface area is 118 Å². The maximum Gasteiger partial charge on any atom is 0.407 e. The molecule has 2 unspecified atom stereocenters. The quantitative estimate of drug-likeness (QED) is 0.804. The third-order valence-electron chi connectivity index (χ3n) is 3.11. The molecule has 0 radical (unpaired) electrons. The lowest BCUT2D eigenvalue weighted by molar-refractivity contribution is -0.142. The fraction of sp³-hybridized carbons (Fsp3) is 0.467. The van der Waals surface area contributed by atoms with Crippen molar-refractivity contribution >= 4 is 12.1 Å². The van der Waals surface area contributed by atoms with E-state index in [-0.39, 0.29) is 6.61 Å². The van der Waals surface area contributed by atoms with Gasteiger partial charge in [0.1, 0.15) is 6.61 Å². The van der Waals surface area contributed by atoms with E-state index in [1.165, 1.54) is 0 Å². The Bertz CT molecular complexity index is 433. The van der Waals surface area contributed by atoms with Gasteiger partial charge in [0.15, 0.2) is 0 Å². The van der Waals surface area contributed by atoms with E-state index in [2.05, 4.69) is 5.32 Å². The van der Waals surface area contributed by atoms with Gasteiger partial charge in [-0.3, -0.25) is 4.79 Å². The van der Waals surface area contributed by atoms with E-state index < -0.39 is 24.0 Å².